The van der Waals surface area contributed by atoms with Crippen molar-refractivity contribution in [2.45, 2.75) is 0 Å². The van der Waals surface area contributed by atoms with Crippen LogP contribution in [0.5, 0.6) is 0 Å². The molecule has 0 saturated carbocycles. The van der Waals surface area contributed by atoms with Crippen LogP contribution in [0.25, 0.3) is 5.69 Å². The summed E-state index contributed by atoms with van der Waals surface area (Å²) in [4.78, 5) is 37.6. The van der Waals surface area contributed by atoms with Crippen molar-refractivity contribution in [3.8, 4) is 5.69 Å². The Morgan fingerprint density at radius 1 is 0.826 bits per heavy atom. The van der Waals surface area contributed by atoms with E-state index in [0.29, 0.717) is 5.69 Å². The molecule has 0 unspecified atom stereocenters. The second-order valence-corrected chi connectivity index (χ2v) is 5.18. The molecule has 1 aliphatic carbocycles. The van der Waals surface area contributed by atoms with Crippen LogP contribution in [-0.4, -0.2) is 21.3 Å². The summed E-state index contributed by atoms with van der Waals surface area (Å²) in [5, 5.41) is 2.67. The van der Waals surface area contributed by atoms with Crippen molar-refractivity contribution >= 4 is 11.6 Å². The first-order chi connectivity index (χ1) is 11.1. The molecule has 0 aliphatic heterocycles. The summed E-state index contributed by atoms with van der Waals surface area (Å²) in [6, 6.07) is 11.5. The van der Waals surface area contributed by atoms with Crippen LogP contribution >= 0.6 is 0 Å². The van der Waals surface area contributed by atoms with Gasteiger partial charge < -0.3 is 0 Å². The second-order valence-electron chi connectivity index (χ2n) is 5.18. The average molecular weight is 308 g/mol. The van der Waals surface area contributed by atoms with E-state index >= 15 is 0 Å². The predicted molar refractivity (Wildman–Crippen MR) is 79.7 cm³/mol. The van der Waals surface area contributed by atoms with Gasteiger partial charge in [-0.2, -0.15) is 0 Å². The molecule has 0 radical (unpaired) electrons. The minimum absolute atomic E-state index is 0.0389. The summed E-state index contributed by atoms with van der Waals surface area (Å²) in [5.41, 5.74) is -0.0270. The van der Waals surface area contributed by atoms with Crippen LogP contribution in [0.4, 0.5) is 4.39 Å². The first-order valence-electron chi connectivity index (χ1n) is 6.87. The highest BCUT2D eigenvalue weighted by Gasteiger charge is 2.34. The van der Waals surface area contributed by atoms with Crippen LogP contribution in [-0.2, 0) is 0 Å². The zero-order valence-corrected chi connectivity index (χ0v) is 11.7. The Balaban J connectivity index is 1.97. The largest absolute Gasteiger partial charge is 0.288 e. The molecule has 0 amide bonds. The lowest BCUT2D eigenvalue weighted by Gasteiger charge is -2.11. The number of hydrogen-bond donors (Lipinski definition) is 1. The highest BCUT2D eigenvalue weighted by Crippen LogP contribution is 2.24. The Hall–Kier alpha value is -3.28. The van der Waals surface area contributed by atoms with Crippen molar-refractivity contribution in [1.82, 2.24) is 9.78 Å². The highest BCUT2D eigenvalue weighted by atomic mass is 19.1. The normalized spacial score (nSPS) is 12.9. The molecule has 1 N–H and O–H groups in total. The van der Waals surface area contributed by atoms with E-state index in [1.165, 1.54) is 30.3 Å². The van der Waals surface area contributed by atoms with Gasteiger partial charge in [0.2, 0.25) is 11.6 Å². The Morgan fingerprint density at radius 2 is 1.43 bits per heavy atom. The first-order valence-corrected chi connectivity index (χ1v) is 6.87. The number of carbonyl (C=O) groups is 2. The fourth-order valence-electron chi connectivity index (χ4n) is 2.73. The molecule has 6 heteroatoms. The fraction of sp³-hybridized carbons (Fsp3) is 0. The lowest BCUT2D eigenvalue weighted by atomic mass is 9.88. The standard InChI is InChI=1S/C17H9FN2O3/c18-9-5-7-10(8-6-9)20-17(23)13-14(19-20)16(22)12-4-2-1-3-11(12)15(13)21/h1-8,19H. The maximum Gasteiger partial charge on any atom is 0.283 e. The number of aromatic nitrogens is 2. The van der Waals surface area contributed by atoms with Gasteiger partial charge in [0.05, 0.1) is 5.69 Å². The molecule has 3 aromatic rings. The summed E-state index contributed by atoms with van der Waals surface area (Å²) in [6.07, 6.45) is 0. The lowest BCUT2D eigenvalue weighted by Crippen LogP contribution is -2.25. The van der Waals surface area contributed by atoms with E-state index in [0.717, 1.165) is 4.68 Å². The molecule has 0 saturated heterocycles. The fourth-order valence-corrected chi connectivity index (χ4v) is 2.73. The van der Waals surface area contributed by atoms with Crippen molar-refractivity contribution < 1.29 is 14.0 Å². The van der Waals surface area contributed by atoms with Crippen LogP contribution in [0.2, 0.25) is 0 Å². The molecule has 1 aromatic heterocycles. The van der Waals surface area contributed by atoms with Gasteiger partial charge in [0.15, 0.2) is 0 Å². The summed E-state index contributed by atoms with van der Waals surface area (Å²) >= 11 is 0. The number of carbonyl (C=O) groups excluding carboxylic acids is 2. The number of halogens is 1. The Bertz CT molecular complexity index is 1030. The van der Waals surface area contributed by atoms with E-state index in [9.17, 15) is 18.8 Å². The Morgan fingerprint density at radius 3 is 2.09 bits per heavy atom. The SMILES string of the molecule is O=C1c2ccccc2C(=O)c2c1[nH]n(-c1ccc(F)cc1)c2=O. The van der Waals surface area contributed by atoms with Crippen molar-refractivity contribution in [2.75, 3.05) is 0 Å². The van der Waals surface area contributed by atoms with Crippen LogP contribution < -0.4 is 5.56 Å². The smallest absolute Gasteiger partial charge is 0.283 e. The van der Waals surface area contributed by atoms with Gasteiger partial charge in [0.25, 0.3) is 5.56 Å². The van der Waals surface area contributed by atoms with Crippen LogP contribution in [0, 0.1) is 5.82 Å². The summed E-state index contributed by atoms with van der Waals surface area (Å²) in [6.45, 7) is 0. The van der Waals surface area contributed by atoms with Gasteiger partial charge in [0, 0.05) is 11.1 Å². The van der Waals surface area contributed by atoms with E-state index in [4.69, 9.17) is 0 Å². The quantitative estimate of drug-likeness (QED) is 0.585. The van der Waals surface area contributed by atoms with Gasteiger partial charge in [-0.15, -0.1) is 0 Å². The molecule has 23 heavy (non-hydrogen) atoms. The predicted octanol–water partition coefficient (Wildman–Crippen LogP) is 2.08. The molecular formula is C17H9FN2O3. The molecule has 1 aliphatic rings. The maximum absolute atomic E-state index is 13.0. The lowest BCUT2D eigenvalue weighted by molar-refractivity contribution is 0.0976. The van der Waals surface area contributed by atoms with Gasteiger partial charge in [-0.1, -0.05) is 24.3 Å². The third-order valence-corrected chi connectivity index (χ3v) is 3.85. The third kappa shape index (κ3) is 1.81. The van der Waals surface area contributed by atoms with E-state index in [1.807, 2.05) is 0 Å². The van der Waals surface area contributed by atoms with Crippen molar-refractivity contribution in [3.05, 3.63) is 87.1 Å². The molecule has 0 spiro atoms. The van der Waals surface area contributed by atoms with Crippen LogP contribution in [0.3, 0.4) is 0 Å². The average Bonchev–Trinajstić information content (AvgIpc) is 2.91. The topological polar surface area (TPSA) is 71.9 Å². The van der Waals surface area contributed by atoms with Gasteiger partial charge in [-0.25, -0.2) is 9.07 Å². The maximum atomic E-state index is 13.0. The molecule has 0 bridgehead atoms. The monoisotopic (exact) mass is 308 g/mol. The molecule has 0 fully saturated rings. The number of fused-ring (bicyclic) bond motifs is 2. The molecule has 2 aromatic carbocycles. The van der Waals surface area contributed by atoms with Gasteiger partial charge in [-0.3, -0.25) is 19.5 Å². The van der Waals surface area contributed by atoms with E-state index in [-0.39, 0.29) is 22.4 Å². The summed E-state index contributed by atoms with van der Waals surface area (Å²) in [5.74, 6) is -1.34. The van der Waals surface area contributed by atoms with Crippen LogP contribution in [0.1, 0.15) is 32.0 Å². The molecule has 0 atom stereocenters. The Labute approximate surface area is 129 Å². The second kappa shape index (κ2) is 4.61. The van der Waals surface area contributed by atoms with Crippen molar-refractivity contribution in [3.63, 3.8) is 0 Å². The molecule has 4 rings (SSSR count). The number of nitrogens with one attached hydrogen (secondary N) is 1. The molecule has 112 valence electrons. The van der Waals surface area contributed by atoms with Crippen molar-refractivity contribution in [2.24, 2.45) is 0 Å². The number of aromatic amines is 1. The van der Waals surface area contributed by atoms with E-state index in [1.54, 1.807) is 18.2 Å². The minimum Gasteiger partial charge on any atom is -0.288 e. The number of ketones is 2. The van der Waals surface area contributed by atoms with E-state index in [2.05, 4.69) is 5.10 Å². The first kappa shape index (κ1) is 13.4. The summed E-state index contributed by atoms with van der Waals surface area (Å²) < 4.78 is 14.1. The van der Waals surface area contributed by atoms with E-state index < -0.39 is 22.9 Å². The number of H-pyrrole nitrogens is 1. The zero-order valence-electron chi connectivity index (χ0n) is 11.7. The number of hydrogen-bond acceptors (Lipinski definition) is 3. The number of rotatable bonds is 1. The number of benzene rings is 2. The van der Waals surface area contributed by atoms with Gasteiger partial charge >= 0.3 is 0 Å². The van der Waals surface area contributed by atoms with Gasteiger partial charge in [0.1, 0.15) is 17.1 Å². The highest BCUT2D eigenvalue weighted by molar-refractivity contribution is 6.27. The zero-order chi connectivity index (χ0) is 16.1. The third-order valence-electron chi connectivity index (χ3n) is 3.85. The van der Waals surface area contributed by atoms with Crippen LogP contribution in [0.15, 0.2) is 53.3 Å². The molecular weight excluding hydrogens is 299 g/mol. The number of nitrogens with zero attached hydrogens (tertiary/aromatic N) is 1. The molecule has 5 nitrogen and oxygen atoms in total. The Kier molecular flexibility index (Phi) is 2.68. The summed E-state index contributed by atoms with van der Waals surface area (Å²) in [7, 11) is 0. The minimum atomic E-state index is -0.625. The van der Waals surface area contributed by atoms with Gasteiger partial charge in [-0.05, 0) is 24.3 Å². The van der Waals surface area contributed by atoms with Crippen molar-refractivity contribution in [1.29, 1.82) is 0 Å². The molecule has 1 heterocycles.